The second-order valence-electron chi connectivity index (χ2n) is 5.06. The molecule has 0 amide bonds. The Labute approximate surface area is 119 Å². The van der Waals surface area contributed by atoms with Gasteiger partial charge in [0.05, 0.1) is 5.71 Å². The summed E-state index contributed by atoms with van der Waals surface area (Å²) in [6.45, 7) is 2.23. The van der Waals surface area contributed by atoms with Crippen LogP contribution in [0.2, 0.25) is 0 Å². The first-order chi connectivity index (χ1) is 9.88. The van der Waals surface area contributed by atoms with E-state index in [1.165, 1.54) is 24.8 Å². The van der Waals surface area contributed by atoms with Gasteiger partial charge in [-0.15, -0.1) is 0 Å². The number of nitrogens with zero attached hydrogens (tertiary/aromatic N) is 2. The fourth-order valence-corrected chi connectivity index (χ4v) is 2.49. The maximum Gasteiger partial charge on any atom is 0.156 e. The van der Waals surface area contributed by atoms with Crippen LogP contribution in [-0.2, 0) is 0 Å². The molecule has 1 aromatic heterocycles. The Balaban J connectivity index is 2.02. The largest absolute Gasteiger partial charge is 0.338 e. The van der Waals surface area contributed by atoms with Crippen LogP contribution in [0.4, 0.5) is 17.2 Å². The van der Waals surface area contributed by atoms with E-state index < -0.39 is 0 Å². The number of hydrogen-bond donors (Lipinski definition) is 1. The predicted molar refractivity (Wildman–Crippen MR) is 84.3 cm³/mol. The van der Waals surface area contributed by atoms with Crippen LogP contribution in [0.5, 0.6) is 0 Å². The Kier molecular flexibility index (Phi) is 3.77. The molecule has 1 aromatic carbocycles. The topological polar surface area (TPSA) is 37.3 Å². The zero-order valence-corrected chi connectivity index (χ0v) is 11.8. The van der Waals surface area contributed by atoms with Crippen LogP contribution >= 0.6 is 0 Å². The van der Waals surface area contributed by atoms with Crippen molar-refractivity contribution < 1.29 is 0 Å². The highest BCUT2D eigenvalue weighted by molar-refractivity contribution is 6.08. The Morgan fingerprint density at radius 2 is 1.95 bits per heavy atom. The van der Waals surface area contributed by atoms with Crippen molar-refractivity contribution in [2.24, 2.45) is 4.99 Å². The standard InChI is InChI=1S/C17H19N3/c1-2-3-4-9-14-13-8-5-6-10-15(13)20-17-16(19-14)11-7-12-18-17/h5-8,10-12H,2-4,9H2,1H3,(H,18,20). The Hall–Kier alpha value is -2.16. The minimum absolute atomic E-state index is 0.838. The summed E-state index contributed by atoms with van der Waals surface area (Å²) in [6.07, 6.45) is 6.46. The third-order valence-corrected chi connectivity index (χ3v) is 3.55. The van der Waals surface area contributed by atoms with Crippen molar-refractivity contribution in [2.75, 3.05) is 5.32 Å². The normalized spacial score (nSPS) is 12.8. The van der Waals surface area contributed by atoms with Gasteiger partial charge in [0, 0.05) is 17.4 Å². The van der Waals surface area contributed by atoms with E-state index in [1.54, 1.807) is 6.20 Å². The van der Waals surface area contributed by atoms with Gasteiger partial charge in [0.1, 0.15) is 5.69 Å². The number of fused-ring (bicyclic) bond motifs is 2. The number of nitrogens with one attached hydrogen (secondary N) is 1. The van der Waals surface area contributed by atoms with Gasteiger partial charge >= 0.3 is 0 Å². The highest BCUT2D eigenvalue weighted by Gasteiger charge is 2.15. The molecule has 3 rings (SSSR count). The van der Waals surface area contributed by atoms with Gasteiger partial charge < -0.3 is 5.32 Å². The number of aliphatic imine (C=N–C) groups is 1. The highest BCUT2D eigenvalue weighted by Crippen LogP contribution is 2.33. The Morgan fingerprint density at radius 1 is 1.05 bits per heavy atom. The molecular formula is C17H19N3. The Bertz CT molecular complexity index is 632. The molecule has 0 unspecified atom stereocenters. The number of unbranched alkanes of at least 4 members (excludes halogenated alkanes) is 2. The van der Waals surface area contributed by atoms with Crippen molar-refractivity contribution in [1.82, 2.24) is 4.98 Å². The maximum atomic E-state index is 4.84. The first-order valence-electron chi connectivity index (χ1n) is 7.27. The smallest absolute Gasteiger partial charge is 0.156 e. The van der Waals surface area contributed by atoms with Crippen LogP contribution in [0, 0.1) is 0 Å². The van der Waals surface area contributed by atoms with E-state index in [0.29, 0.717) is 0 Å². The number of para-hydroxylation sites is 1. The number of hydrogen-bond acceptors (Lipinski definition) is 3. The molecule has 0 aliphatic carbocycles. The lowest BCUT2D eigenvalue weighted by atomic mass is 10.0. The molecule has 2 aromatic rings. The van der Waals surface area contributed by atoms with E-state index in [0.717, 1.165) is 29.3 Å². The molecule has 0 saturated heterocycles. The van der Waals surface area contributed by atoms with E-state index in [-0.39, 0.29) is 0 Å². The van der Waals surface area contributed by atoms with Crippen molar-refractivity contribution in [3.8, 4) is 0 Å². The van der Waals surface area contributed by atoms with Gasteiger partial charge in [0.15, 0.2) is 5.82 Å². The SMILES string of the molecule is CCCCCC1=Nc2cccnc2Nc2ccccc21. The molecule has 1 aliphatic heterocycles. The summed E-state index contributed by atoms with van der Waals surface area (Å²) in [5.74, 6) is 0.838. The number of anilines is 2. The van der Waals surface area contributed by atoms with E-state index in [1.807, 2.05) is 18.2 Å². The van der Waals surface area contributed by atoms with Gasteiger partial charge in [-0.3, -0.25) is 0 Å². The van der Waals surface area contributed by atoms with Crippen molar-refractivity contribution in [3.05, 3.63) is 48.2 Å². The van der Waals surface area contributed by atoms with Crippen LogP contribution in [-0.4, -0.2) is 10.7 Å². The summed E-state index contributed by atoms with van der Waals surface area (Å²) in [5.41, 5.74) is 4.38. The van der Waals surface area contributed by atoms with Gasteiger partial charge in [-0.2, -0.15) is 0 Å². The van der Waals surface area contributed by atoms with Crippen LogP contribution in [0.25, 0.3) is 0 Å². The molecule has 3 heteroatoms. The van der Waals surface area contributed by atoms with Gasteiger partial charge in [0.2, 0.25) is 0 Å². The Morgan fingerprint density at radius 3 is 2.85 bits per heavy atom. The average Bonchev–Trinajstić information content (AvgIpc) is 2.64. The quantitative estimate of drug-likeness (QED) is 0.803. The summed E-state index contributed by atoms with van der Waals surface area (Å²) < 4.78 is 0. The summed E-state index contributed by atoms with van der Waals surface area (Å²) in [6, 6.07) is 12.3. The highest BCUT2D eigenvalue weighted by atomic mass is 15.0. The van der Waals surface area contributed by atoms with Crippen molar-refractivity contribution in [3.63, 3.8) is 0 Å². The van der Waals surface area contributed by atoms with Gasteiger partial charge in [-0.25, -0.2) is 9.98 Å². The lowest BCUT2D eigenvalue weighted by Gasteiger charge is -2.09. The van der Waals surface area contributed by atoms with Crippen LogP contribution in [0.3, 0.4) is 0 Å². The fourth-order valence-electron chi connectivity index (χ4n) is 2.49. The molecule has 1 N–H and O–H groups in total. The summed E-state index contributed by atoms with van der Waals surface area (Å²) >= 11 is 0. The van der Waals surface area contributed by atoms with Crippen LogP contribution < -0.4 is 5.32 Å². The third-order valence-electron chi connectivity index (χ3n) is 3.55. The van der Waals surface area contributed by atoms with E-state index in [9.17, 15) is 0 Å². The first kappa shape index (κ1) is 12.9. The number of benzene rings is 1. The molecule has 0 spiro atoms. The molecular weight excluding hydrogens is 246 g/mol. The molecule has 1 aliphatic rings. The maximum absolute atomic E-state index is 4.84. The molecule has 0 saturated carbocycles. The lowest BCUT2D eigenvalue weighted by molar-refractivity contribution is 0.742. The third kappa shape index (κ3) is 2.57. The van der Waals surface area contributed by atoms with Crippen LogP contribution in [0.1, 0.15) is 38.2 Å². The monoisotopic (exact) mass is 265 g/mol. The lowest BCUT2D eigenvalue weighted by Crippen LogP contribution is -2.02. The number of pyridine rings is 1. The molecule has 0 atom stereocenters. The minimum atomic E-state index is 0.838. The predicted octanol–water partition coefficient (Wildman–Crippen LogP) is 4.84. The number of rotatable bonds is 4. The molecule has 3 nitrogen and oxygen atoms in total. The molecule has 2 heterocycles. The average molecular weight is 265 g/mol. The molecule has 0 fully saturated rings. The van der Waals surface area contributed by atoms with Gasteiger partial charge in [-0.05, 0) is 31.0 Å². The van der Waals surface area contributed by atoms with E-state index >= 15 is 0 Å². The molecule has 102 valence electrons. The molecule has 0 radical (unpaired) electrons. The van der Waals surface area contributed by atoms with E-state index in [4.69, 9.17) is 4.99 Å². The zero-order valence-electron chi connectivity index (χ0n) is 11.8. The van der Waals surface area contributed by atoms with E-state index in [2.05, 4.69) is 35.4 Å². The fraction of sp³-hybridized carbons (Fsp3) is 0.294. The van der Waals surface area contributed by atoms with Crippen LogP contribution in [0.15, 0.2) is 47.6 Å². The van der Waals surface area contributed by atoms with Crippen molar-refractivity contribution in [1.29, 1.82) is 0 Å². The summed E-state index contributed by atoms with van der Waals surface area (Å²) in [5, 5.41) is 3.40. The molecule has 20 heavy (non-hydrogen) atoms. The second-order valence-corrected chi connectivity index (χ2v) is 5.06. The van der Waals surface area contributed by atoms with Gasteiger partial charge in [-0.1, -0.05) is 38.0 Å². The van der Waals surface area contributed by atoms with Gasteiger partial charge in [0.25, 0.3) is 0 Å². The number of aromatic nitrogens is 1. The summed E-state index contributed by atoms with van der Waals surface area (Å²) in [7, 11) is 0. The zero-order chi connectivity index (χ0) is 13.8. The summed E-state index contributed by atoms with van der Waals surface area (Å²) in [4.78, 5) is 9.23. The minimum Gasteiger partial charge on any atom is -0.338 e. The second kappa shape index (κ2) is 5.87. The first-order valence-corrected chi connectivity index (χ1v) is 7.27. The molecule has 0 bridgehead atoms. The van der Waals surface area contributed by atoms with Crippen molar-refractivity contribution >= 4 is 22.9 Å². The van der Waals surface area contributed by atoms with Crippen molar-refractivity contribution in [2.45, 2.75) is 32.6 Å².